The second-order valence-corrected chi connectivity index (χ2v) is 5.46. The summed E-state index contributed by atoms with van der Waals surface area (Å²) in [5, 5.41) is 18.2. The van der Waals surface area contributed by atoms with Crippen molar-refractivity contribution in [3.8, 4) is 11.8 Å². The van der Waals surface area contributed by atoms with Gasteiger partial charge in [0.1, 0.15) is 0 Å². The number of rotatable bonds is 4. The van der Waals surface area contributed by atoms with E-state index in [1.165, 1.54) is 5.56 Å². The molecule has 1 aromatic carbocycles. The average Bonchev–Trinajstić information content (AvgIpc) is 2.80. The maximum absolute atomic E-state index is 9.50. The Bertz CT molecular complexity index is 489. The largest absolute Gasteiger partial charge is 0.395 e. The second-order valence-electron chi connectivity index (χ2n) is 5.46. The molecule has 2 atom stereocenters. The Balaban J connectivity index is 2.03. The SMILES string of the molecule is CC1CCN(Cc2cccc(C#CCCO)c2)C1CO. The Morgan fingerprint density at radius 2 is 2.20 bits per heavy atom. The van der Waals surface area contributed by atoms with Crippen LogP contribution in [0.5, 0.6) is 0 Å². The summed E-state index contributed by atoms with van der Waals surface area (Å²) in [6.45, 7) is 4.46. The van der Waals surface area contributed by atoms with E-state index in [1.807, 2.05) is 12.1 Å². The lowest BCUT2D eigenvalue weighted by Gasteiger charge is -2.25. The Morgan fingerprint density at radius 1 is 1.35 bits per heavy atom. The maximum atomic E-state index is 9.50. The first-order valence-corrected chi connectivity index (χ1v) is 7.28. The molecule has 0 bridgehead atoms. The molecule has 1 aliphatic rings. The van der Waals surface area contributed by atoms with Crippen LogP contribution in [0, 0.1) is 17.8 Å². The Hall–Kier alpha value is -1.34. The van der Waals surface area contributed by atoms with Gasteiger partial charge in [-0.15, -0.1) is 0 Å². The summed E-state index contributed by atoms with van der Waals surface area (Å²) in [6, 6.07) is 8.49. The number of benzene rings is 1. The highest BCUT2D eigenvalue weighted by molar-refractivity contribution is 5.37. The molecule has 3 heteroatoms. The third-order valence-electron chi connectivity index (χ3n) is 3.97. The molecular formula is C17H23NO2. The minimum atomic E-state index is 0.108. The van der Waals surface area contributed by atoms with Crippen molar-refractivity contribution in [1.29, 1.82) is 0 Å². The van der Waals surface area contributed by atoms with Crippen molar-refractivity contribution in [1.82, 2.24) is 4.90 Å². The van der Waals surface area contributed by atoms with Gasteiger partial charge in [0.05, 0.1) is 13.2 Å². The van der Waals surface area contributed by atoms with Crippen molar-refractivity contribution >= 4 is 0 Å². The molecule has 0 aliphatic carbocycles. The zero-order valence-electron chi connectivity index (χ0n) is 12.0. The molecule has 2 rings (SSSR count). The number of hydrogen-bond acceptors (Lipinski definition) is 3. The minimum Gasteiger partial charge on any atom is -0.395 e. The fraction of sp³-hybridized carbons (Fsp3) is 0.529. The predicted molar refractivity (Wildman–Crippen MR) is 80.1 cm³/mol. The van der Waals surface area contributed by atoms with Crippen LogP contribution < -0.4 is 0 Å². The van der Waals surface area contributed by atoms with Gasteiger partial charge in [-0.1, -0.05) is 30.9 Å². The average molecular weight is 273 g/mol. The number of hydrogen-bond donors (Lipinski definition) is 2. The van der Waals surface area contributed by atoms with Crippen LogP contribution in [0.4, 0.5) is 0 Å². The highest BCUT2D eigenvalue weighted by Crippen LogP contribution is 2.25. The van der Waals surface area contributed by atoms with E-state index in [2.05, 4.69) is 35.8 Å². The van der Waals surface area contributed by atoms with Gasteiger partial charge >= 0.3 is 0 Å². The van der Waals surface area contributed by atoms with E-state index in [1.54, 1.807) is 0 Å². The molecule has 1 fully saturated rings. The van der Waals surface area contributed by atoms with Gasteiger partial charge in [-0.25, -0.2) is 0 Å². The molecule has 0 aromatic heterocycles. The summed E-state index contributed by atoms with van der Waals surface area (Å²) in [7, 11) is 0. The third-order valence-corrected chi connectivity index (χ3v) is 3.97. The van der Waals surface area contributed by atoms with Crippen LogP contribution in [0.15, 0.2) is 24.3 Å². The van der Waals surface area contributed by atoms with Crippen LogP contribution >= 0.6 is 0 Å². The predicted octanol–water partition coefficient (Wildman–Crippen LogP) is 1.62. The third kappa shape index (κ3) is 3.83. The van der Waals surface area contributed by atoms with Crippen molar-refractivity contribution in [2.75, 3.05) is 19.8 Å². The lowest BCUT2D eigenvalue weighted by molar-refractivity contribution is 0.134. The summed E-state index contributed by atoms with van der Waals surface area (Å²) < 4.78 is 0. The van der Waals surface area contributed by atoms with Crippen molar-refractivity contribution in [2.45, 2.75) is 32.4 Å². The fourth-order valence-corrected chi connectivity index (χ4v) is 2.78. The van der Waals surface area contributed by atoms with E-state index in [4.69, 9.17) is 5.11 Å². The Kier molecular flexibility index (Phi) is 5.60. The highest BCUT2D eigenvalue weighted by atomic mass is 16.3. The molecule has 2 N–H and O–H groups in total. The molecule has 0 spiro atoms. The second kappa shape index (κ2) is 7.44. The quantitative estimate of drug-likeness (QED) is 0.819. The number of nitrogens with zero attached hydrogens (tertiary/aromatic N) is 1. The first-order valence-electron chi connectivity index (χ1n) is 7.28. The molecule has 3 nitrogen and oxygen atoms in total. The van der Waals surface area contributed by atoms with Crippen molar-refractivity contribution in [3.63, 3.8) is 0 Å². The highest BCUT2D eigenvalue weighted by Gasteiger charge is 2.30. The van der Waals surface area contributed by atoms with E-state index in [0.29, 0.717) is 12.3 Å². The van der Waals surface area contributed by atoms with E-state index in [0.717, 1.165) is 25.1 Å². The number of likely N-dealkylation sites (tertiary alicyclic amines) is 1. The summed E-state index contributed by atoms with van der Waals surface area (Å²) in [4.78, 5) is 2.35. The lowest BCUT2D eigenvalue weighted by atomic mass is 10.0. The molecule has 1 saturated heterocycles. The minimum absolute atomic E-state index is 0.108. The topological polar surface area (TPSA) is 43.7 Å². The van der Waals surface area contributed by atoms with Gasteiger partial charge in [0.25, 0.3) is 0 Å². The zero-order valence-corrected chi connectivity index (χ0v) is 12.0. The first kappa shape index (κ1) is 15.1. The molecule has 108 valence electrons. The fourth-order valence-electron chi connectivity index (χ4n) is 2.78. The molecule has 1 heterocycles. The van der Waals surface area contributed by atoms with Crippen molar-refractivity contribution in [2.24, 2.45) is 5.92 Å². The van der Waals surface area contributed by atoms with Gasteiger partial charge in [-0.3, -0.25) is 4.90 Å². The van der Waals surface area contributed by atoms with E-state index >= 15 is 0 Å². The van der Waals surface area contributed by atoms with E-state index in [-0.39, 0.29) is 19.3 Å². The van der Waals surface area contributed by atoms with Crippen LogP contribution in [-0.2, 0) is 6.54 Å². The first-order chi connectivity index (χ1) is 9.74. The maximum Gasteiger partial charge on any atom is 0.0589 e. The monoisotopic (exact) mass is 273 g/mol. The Labute approximate surface area is 121 Å². The standard InChI is InChI=1S/C17H23NO2/c1-14-8-9-18(17(14)13-20)12-16-7-4-6-15(11-16)5-2-3-10-19/h4,6-7,11,14,17,19-20H,3,8-10,12-13H2,1H3. The molecule has 0 amide bonds. The lowest BCUT2D eigenvalue weighted by Crippen LogP contribution is -2.34. The molecule has 1 aromatic rings. The summed E-state index contributed by atoms with van der Waals surface area (Å²) in [5.74, 6) is 6.58. The van der Waals surface area contributed by atoms with Gasteiger partial charge in [-0.2, -0.15) is 0 Å². The van der Waals surface area contributed by atoms with E-state index in [9.17, 15) is 5.11 Å². The van der Waals surface area contributed by atoms with Gasteiger partial charge in [0, 0.05) is 24.6 Å². The molecule has 0 saturated carbocycles. The zero-order chi connectivity index (χ0) is 14.4. The van der Waals surface area contributed by atoms with Gasteiger partial charge in [0.2, 0.25) is 0 Å². The normalized spacial score (nSPS) is 22.6. The van der Waals surface area contributed by atoms with E-state index < -0.39 is 0 Å². The van der Waals surface area contributed by atoms with Gasteiger partial charge in [-0.05, 0) is 36.6 Å². The van der Waals surface area contributed by atoms with Crippen LogP contribution in [0.25, 0.3) is 0 Å². The van der Waals surface area contributed by atoms with Crippen molar-refractivity contribution in [3.05, 3.63) is 35.4 Å². The number of aliphatic hydroxyl groups excluding tert-OH is 2. The molecular weight excluding hydrogens is 250 g/mol. The van der Waals surface area contributed by atoms with Gasteiger partial charge < -0.3 is 10.2 Å². The summed E-state index contributed by atoms with van der Waals surface area (Å²) in [5.41, 5.74) is 2.22. The smallest absolute Gasteiger partial charge is 0.0589 e. The van der Waals surface area contributed by atoms with Gasteiger partial charge in [0.15, 0.2) is 0 Å². The summed E-state index contributed by atoms with van der Waals surface area (Å²) in [6.07, 6.45) is 1.67. The summed E-state index contributed by atoms with van der Waals surface area (Å²) >= 11 is 0. The van der Waals surface area contributed by atoms with Crippen LogP contribution in [0.3, 0.4) is 0 Å². The molecule has 20 heavy (non-hydrogen) atoms. The van der Waals surface area contributed by atoms with Crippen LogP contribution in [-0.4, -0.2) is 40.9 Å². The van der Waals surface area contributed by atoms with Crippen LogP contribution in [0.2, 0.25) is 0 Å². The molecule has 1 aliphatic heterocycles. The van der Waals surface area contributed by atoms with Crippen molar-refractivity contribution < 1.29 is 10.2 Å². The Morgan fingerprint density at radius 3 is 2.95 bits per heavy atom. The van der Waals surface area contributed by atoms with Crippen LogP contribution in [0.1, 0.15) is 30.9 Å². The molecule has 0 radical (unpaired) electrons. The number of aliphatic hydroxyl groups is 2. The molecule has 2 unspecified atom stereocenters.